The molecule has 0 fully saturated rings. The van der Waals surface area contributed by atoms with Crippen molar-refractivity contribution in [2.75, 3.05) is 19.0 Å². The van der Waals surface area contributed by atoms with E-state index in [0.717, 1.165) is 35.0 Å². The summed E-state index contributed by atoms with van der Waals surface area (Å²) in [6, 6.07) is 13.8. The zero-order valence-electron chi connectivity index (χ0n) is 12.7. The maximum atomic E-state index is 6.09. The molecule has 2 aromatic rings. The smallest absolute Gasteiger partial charge is 0.170 e. The van der Waals surface area contributed by atoms with Crippen LogP contribution in [-0.4, -0.2) is 18.8 Å². The Hall–Kier alpha value is -1.78. The lowest BCUT2D eigenvalue weighted by Crippen LogP contribution is -2.30. The van der Waals surface area contributed by atoms with E-state index < -0.39 is 0 Å². The van der Waals surface area contributed by atoms with Crippen LogP contribution in [0.2, 0.25) is 5.02 Å². The van der Waals surface area contributed by atoms with Gasteiger partial charge in [0, 0.05) is 17.3 Å². The van der Waals surface area contributed by atoms with E-state index >= 15 is 0 Å². The van der Waals surface area contributed by atoms with Crippen molar-refractivity contribution >= 4 is 34.6 Å². The molecule has 0 aliphatic carbocycles. The van der Waals surface area contributed by atoms with Crippen molar-refractivity contribution in [3.63, 3.8) is 0 Å². The molecule has 2 aromatic carbocycles. The molecule has 0 aromatic heterocycles. The molecule has 0 aliphatic rings. The van der Waals surface area contributed by atoms with Crippen molar-refractivity contribution in [3.8, 4) is 5.75 Å². The number of rotatable bonds is 5. The highest BCUT2D eigenvalue weighted by molar-refractivity contribution is 7.80. The number of benzene rings is 2. The van der Waals surface area contributed by atoms with Crippen LogP contribution in [0.4, 0.5) is 5.69 Å². The number of halogens is 1. The molecule has 0 unspecified atom stereocenters. The molecule has 0 amide bonds. The molecule has 0 radical (unpaired) electrons. The van der Waals surface area contributed by atoms with Crippen molar-refractivity contribution in [2.24, 2.45) is 0 Å². The zero-order chi connectivity index (χ0) is 15.9. The fraction of sp³-hybridized carbons (Fsp3) is 0.235. The first-order valence-electron chi connectivity index (χ1n) is 7.02. The van der Waals surface area contributed by atoms with Gasteiger partial charge in [-0.25, -0.2) is 0 Å². The zero-order valence-corrected chi connectivity index (χ0v) is 14.2. The number of hydrogen-bond acceptors (Lipinski definition) is 2. The summed E-state index contributed by atoms with van der Waals surface area (Å²) in [7, 11) is 1.66. The van der Waals surface area contributed by atoms with Crippen LogP contribution in [-0.2, 0) is 6.42 Å². The summed E-state index contributed by atoms with van der Waals surface area (Å²) in [5, 5.41) is 7.64. The first kappa shape index (κ1) is 16.6. The maximum Gasteiger partial charge on any atom is 0.170 e. The van der Waals surface area contributed by atoms with Crippen molar-refractivity contribution in [1.82, 2.24) is 5.32 Å². The van der Waals surface area contributed by atoms with Crippen LogP contribution in [0, 0.1) is 6.92 Å². The van der Waals surface area contributed by atoms with E-state index in [2.05, 4.69) is 22.8 Å². The summed E-state index contributed by atoms with van der Waals surface area (Å²) in [5.41, 5.74) is 3.16. The quantitative estimate of drug-likeness (QED) is 0.803. The number of ether oxygens (including phenoxy) is 1. The van der Waals surface area contributed by atoms with Crippen LogP contribution in [0.5, 0.6) is 5.75 Å². The van der Waals surface area contributed by atoms with E-state index in [1.807, 2.05) is 37.3 Å². The van der Waals surface area contributed by atoms with Crippen LogP contribution >= 0.6 is 23.8 Å². The Bertz CT molecular complexity index is 644. The Morgan fingerprint density at radius 3 is 2.55 bits per heavy atom. The highest BCUT2D eigenvalue weighted by Crippen LogP contribution is 2.19. The Kier molecular flexibility index (Phi) is 6.04. The predicted molar refractivity (Wildman–Crippen MR) is 97.1 cm³/mol. The van der Waals surface area contributed by atoms with Crippen LogP contribution in [0.25, 0.3) is 0 Å². The number of hydrogen-bond donors (Lipinski definition) is 2. The van der Waals surface area contributed by atoms with Gasteiger partial charge in [-0.1, -0.05) is 29.8 Å². The Morgan fingerprint density at radius 1 is 1.18 bits per heavy atom. The van der Waals surface area contributed by atoms with E-state index in [-0.39, 0.29) is 0 Å². The van der Waals surface area contributed by atoms with E-state index in [4.69, 9.17) is 28.6 Å². The molecule has 22 heavy (non-hydrogen) atoms. The summed E-state index contributed by atoms with van der Waals surface area (Å²) in [4.78, 5) is 0. The summed E-state index contributed by atoms with van der Waals surface area (Å²) < 4.78 is 5.14. The topological polar surface area (TPSA) is 33.3 Å². The van der Waals surface area contributed by atoms with E-state index in [1.165, 1.54) is 5.56 Å². The molecule has 0 spiro atoms. The standard InChI is InChI=1S/C17H19ClN2OS/c1-12-3-6-14(11-16(12)18)20-17(22)19-10-9-13-4-7-15(21-2)8-5-13/h3-8,11H,9-10H2,1-2H3,(H2,19,20,22). The second-order valence-corrected chi connectivity index (χ2v) is 5.76. The van der Waals surface area contributed by atoms with Crippen LogP contribution in [0.3, 0.4) is 0 Å². The van der Waals surface area contributed by atoms with Crippen molar-refractivity contribution < 1.29 is 4.74 Å². The molecule has 0 saturated heterocycles. The number of aryl methyl sites for hydroxylation is 1. The molecule has 0 heterocycles. The SMILES string of the molecule is COc1ccc(CCNC(=S)Nc2ccc(C)c(Cl)c2)cc1. The van der Waals surface area contributed by atoms with Crippen molar-refractivity contribution in [2.45, 2.75) is 13.3 Å². The lowest BCUT2D eigenvalue weighted by molar-refractivity contribution is 0.414. The highest BCUT2D eigenvalue weighted by atomic mass is 35.5. The Morgan fingerprint density at radius 2 is 1.91 bits per heavy atom. The van der Waals surface area contributed by atoms with E-state index in [0.29, 0.717) is 5.11 Å². The average molecular weight is 335 g/mol. The van der Waals surface area contributed by atoms with Gasteiger partial charge >= 0.3 is 0 Å². The Balaban J connectivity index is 1.78. The minimum Gasteiger partial charge on any atom is -0.497 e. The summed E-state index contributed by atoms with van der Waals surface area (Å²) in [5.74, 6) is 0.866. The minimum atomic E-state index is 0.591. The Labute approximate surface area is 141 Å². The normalized spacial score (nSPS) is 10.1. The maximum absolute atomic E-state index is 6.09. The number of nitrogens with one attached hydrogen (secondary N) is 2. The van der Waals surface area contributed by atoms with Gasteiger partial charge in [-0.05, 0) is 61.0 Å². The second kappa shape index (κ2) is 8.01. The molecule has 2 N–H and O–H groups in total. The summed E-state index contributed by atoms with van der Waals surface area (Å²) >= 11 is 11.4. The molecular formula is C17H19ClN2OS. The predicted octanol–water partition coefficient (Wildman–Crippen LogP) is 4.19. The first-order valence-corrected chi connectivity index (χ1v) is 7.81. The minimum absolute atomic E-state index is 0.591. The van der Waals surface area contributed by atoms with Gasteiger partial charge in [-0.2, -0.15) is 0 Å². The third-order valence-corrected chi connectivity index (χ3v) is 3.94. The lowest BCUT2D eigenvalue weighted by Gasteiger charge is -2.11. The first-order chi connectivity index (χ1) is 10.6. The third kappa shape index (κ3) is 4.90. The fourth-order valence-electron chi connectivity index (χ4n) is 1.96. The summed E-state index contributed by atoms with van der Waals surface area (Å²) in [6.45, 7) is 2.73. The van der Waals surface area contributed by atoms with Crippen LogP contribution in [0.1, 0.15) is 11.1 Å². The molecule has 2 rings (SSSR count). The van der Waals surface area contributed by atoms with Gasteiger partial charge in [0.1, 0.15) is 5.75 Å². The van der Waals surface area contributed by atoms with Crippen molar-refractivity contribution in [1.29, 1.82) is 0 Å². The lowest BCUT2D eigenvalue weighted by atomic mass is 10.1. The monoisotopic (exact) mass is 334 g/mol. The summed E-state index contributed by atoms with van der Waals surface area (Å²) in [6.07, 6.45) is 0.889. The van der Waals surface area contributed by atoms with Crippen LogP contribution in [0.15, 0.2) is 42.5 Å². The van der Waals surface area contributed by atoms with E-state index in [9.17, 15) is 0 Å². The number of methoxy groups -OCH3 is 1. The molecule has 0 saturated carbocycles. The average Bonchev–Trinajstić information content (AvgIpc) is 2.51. The van der Waals surface area contributed by atoms with Gasteiger partial charge in [0.15, 0.2) is 5.11 Å². The van der Waals surface area contributed by atoms with E-state index in [1.54, 1.807) is 7.11 Å². The number of thiocarbonyl (C=S) groups is 1. The molecule has 3 nitrogen and oxygen atoms in total. The van der Waals surface area contributed by atoms with Gasteiger partial charge in [-0.15, -0.1) is 0 Å². The molecule has 0 atom stereocenters. The van der Waals surface area contributed by atoms with Crippen molar-refractivity contribution in [3.05, 3.63) is 58.6 Å². The van der Waals surface area contributed by atoms with Crippen LogP contribution < -0.4 is 15.4 Å². The molecule has 0 aliphatic heterocycles. The van der Waals surface area contributed by atoms with Gasteiger partial charge in [0.05, 0.1) is 7.11 Å². The molecule has 0 bridgehead atoms. The molecule has 5 heteroatoms. The largest absolute Gasteiger partial charge is 0.497 e. The molecular weight excluding hydrogens is 316 g/mol. The van der Waals surface area contributed by atoms with Gasteiger partial charge < -0.3 is 15.4 Å². The molecule has 116 valence electrons. The fourth-order valence-corrected chi connectivity index (χ4v) is 2.36. The third-order valence-electron chi connectivity index (χ3n) is 3.29. The highest BCUT2D eigenvalue weighted by Gasteiger charge is 2.01. The van der Waals surface area contributed by atoms with Gasteiger partial charge in [0.25, 0.3) is 0 Å². The second-order valence-electron chi connectivity index (χ2n) is 4.94. The van der Waals surface area contributed by atoms with Gasteiger partial charge in [-0.3, -0.25) is 0 Å². The number of anilines is 1. The van der Waals surface area contributed by atoms with Gasteiger partial charge in [0.2, 0.25) is 0 Å².